The molecule has 0 atom stereocenters. The Labute approximate surface area is 194 Å². The molecule has 4 rings (SSSR count). The van der Waals surface area contributed by atoms with E-state index < -0.39 is 0 Å². The molecule has 33 heavy (non-hydrogen) atoms. The van der Waals surface area contributed by atoms with Crippen LogP contribution in [0.1, 0.15) is 39.1 Å². The minimum atomic E-state index is -0.145. The van der Waals surface area contributed by atoms with Crippen LogP contribution >= 0.6 is 0 Å². The van der Waals surface area contributed by atoms with Crippen LogP contribution in [0.5, 0.6) is 0 Å². The standard InChI is InChI=1S/C28H26N4O/c1-19-11-12-24(20(2)13-19)15-28(33)31-30-17-26-21(3)32(27-10-5-4-9-25(26)27)18-23-8-6-7-22(14-23)16-29/h4-14,17H,15,18H2,1-3H3,(H,31,33)/b30-17+. The number of aryl methyl sites for hydroxylation is 2. The summed E-state index contributed by atoms with van der Waals surface area (Å²) in [5, 5.41) is 14.5. The van der Waals surface area contributed by atoms with Gasteiger partial charge in [0.2, 0.25) is 5.91 Å². The van der Waals surface area contributed by atoms with Crippen molar-refractivity contribution in [2.75, 3.05) is 0 Å². The number of amides is 1. The Morgan fingerprint density at radius 3 is 2.67 bits per heavy atom. The molecule has 1 N–H and O–H groups in total. The van der Waals surface area contributed by atoms with Crippen molar-refractivity contribution in [3.8, 4) is 6.07 Å². The van der Waals surface area contributed by atoms with E-state index in [4.69, 9.17) is 0 Å². The molecule has 3 aromatic carbocycles. The van der Waals surface area contributed by atoms with Gasteiger partial charge in [0.15, 0.2) is 0 Å². The molecule has 0 spiro atoms. The lowest BCUT2D eigenvalue weighted by Crippen LogP contribution is -2.20. The normalized spacial score (nSPS) is 11.1. The maximum absolute atomic E-state index is 12.4. The van der Waals surface area contributed by atoms with Gasteiger partial charge in [-0.25, -0.2) is 5.43 Å². The molecule has 164 valence electrons. The highest BCUT2D eigenvalue weighted by Crippen LogP contribution is 2.25. The third-order valence-electron chi connectivity index (χ3n) is 5.91. The summed E-state index contributed by atoms with van der Waals surface area (Å²) in [5.41, 5.74) is 10.8. The number of para-hydroxylation sites is 1. The number of carbonyl (C=O) groups is 1. The van der Waals surface area contributed by atoms with E-state index in [2.05, 4.69) is 39.4 Å². The molecule has 1 heterocycles. The van der Waals surface area contributed by atoms with Gasteiger partial charge in [-0.1, -0.05) is 54.1 Å². The van der Waals surface area contributed by atoms with Crippen LogP contribution in [0.2, 0.25) is 0 Å². The van der Waals surface area contributed by atoms with Crippen LogP contribution in [-0.4, -0.2) is 16.7 Å². The second-order valence-corrected chi connectivity index (χ2v) is 8.31. The Morgan fingerprint density at radius 1 is 1.06 bits per heavy atom. The lowest BCUT2D eigenvalue weighted by atomic mass is 10.0. The van der Waals surface area contributed by atoms with E-state index >= 15 is 0 Å². The number of rotatable bonds is 6. The summed E-state index contributed by atoms with van der Waals surface area (Å²) in [7, 11) is 0. The fourth-order valence-corrected chi connectivity index (χ4v) is 4.17. The predicted molar refractivity (Wildman–Crippen MR) is 132 cm³/mol. The SMILES string of the molecule is Cc1ccc(CC(=O)N/N=C/c2c(C)n(Cc3cccc(C#N)c3)c3ccccc23)c(C)c1. The average molecular weight is 435 g/mol. The number of hydrogen-bond donors (Lipinski definition) is 1. The van der Waals surface area contributed by atoms with Gasteiger partial charge in [0.05, 0.1) is 24.3 Å². The quantitative estimate of drug-likeness (QED) is 0.336. The third kappa shape index (κ3) is 4.86. The first-order valence-electron chi connectivity index (χ1n) is 10.9. The molecule has 4 aromatic rings. The van der Waals surface area contributed by atoms with E-state index in [0.29, 0.717) is 18.5 Å². The fourth-order valence-electron chi connectivity index (χ4n) is 4.17. The zero-order chi connectivity index (χ0) is 23.4. The van der Waals surface area contributed by atoms with Crippen molar-refractivity contribution in [3.05, 3.63) is 106 Å². The monoisotopic (exact) mass is 434 g/mol. The molecule has 0 aliphatic rings. The number of aromatic nitrogens is 1. The van der Waals surface area contributed by atoms with Crippen molar-refractivity contribution in [1.82, 2.24) is 9.99 Å². The van der Waals surface area contributed by atoms with Gasteiger partial charge in [-0.3, -0.25) is 4.79 Å². The number of carbonyl (C=O) groups excluding carboxylic acids is 1. The number of nitriles is 1. The van der Waals surface area contributed by atoms with Crippen molar-refractivity contribution >= 4 is 23.0 Å². The van der Waals surface area contributed by atoms with E-state index in [9.17, 15) is 10.1 Å². The molecule has 0 saturated heterocycles. The second-order valence-electron chi connectivity index (χ2n) is 8.31. The van der Waals surface area contributed by atoms with Crippen molar-refractivity contribution in [2.45, 2.75) is 33.7 Å². The molecule has 0 aliphatic heterocycles. The van der Waals surface area contributed by atoms with Gasteiger partial charge in [0, 0.05) is 28.7 Å². The Balaban J connectivity index is 1.56. The summed E-state index contributed by atoms with van der Waals surface area (Å²) in [6, 6.07) is 24.1. The van der Waals surface area contributed by atoms with Crippen LogP contribution in [0.15, 0.2) is 71.8 Å². The number of hydrazone groups is 1. The lowest BCUT2D eigenvalue weighted by Gasteiger charge is -2.09. The van der Waals surface area contributed by atoms with Crippen molar-refractivity contribution in [3.63, 3.8) is 0 Å². The predicted octanol–water partition coefficient (Wildman–Crippen LogP) is 5.18. The maximum atomic E-state index is 12.4. The van der Waals surface area contributed by atoms with Crippen LogP contribution in [0.25, 0.3) is 10.9 Å². The maximum Gasteiger partial charge on any atom is 0.244 e. The van der Waals surface area contributed by atoms with Gasteiger partial charge >= 0.3 is 0 Å². The van der Waals surface area contributed by atoms with Crippen LogP contribution < -0.4 is 5.43 Å². The van der Waals surface area contributed by atoms with Crippen molar-refractivity contribution in [2.24, 2.45) is 5.10 Å². The molecular weight excluding hydrogens is 408 g/mol. The molecular formula is C28H26N4O. The Morgan fingerprint density at radius 2 is 1.88 bits per heavy atom. The topological polar surface area (TPSA) is 70.2 Å². The van der Waals surface area contributed by atoms with Crippen LogP contribution in [0.3, 0.4) is 0 Å². The lowest BCUT2D eigenvalue weighted by molar-refractivity contribution is -0.120. The zero-order valence-electron chi connectivity index (χ0n) is 19.1. The zero-order valence-corrected chi connectivity index (χ0v) is 19.1. The minimum Gasteiger partial charge on any atom is -0.340 e. The number of benzene rings is 3. The summed E-state index contributed by atoms with van der Waals surface area (Å²) < 4.78 is 2.21. The number of fused-ring (bicyclic) bond motifs is 1. The first-order chi connectivity index (χ1) is 16.0. The van der Waals surface area contributed by atoms with Gasteiger partial charge in [-0.15, -0.1) is 0 Å². The molecule has 1 aromatic heterocycles. The Bertz CT molecular complexity index is 1410. The highest BCUT2D eigenvalue weighted by molar-refractivity contribution is 6.01. The number of nitrogens with zero attached hydrogens (tertiary/aromatic N) is 3. The van der Waals surface area contributed by atoms with Gasteiger partial charge < -0.3 is 4.57 Å². The number of hydrogen-bond acceptors (Lipinski definition) is 3. The molecule has 1 amide bonds. The molecule has 0 fully saturated rings. The van der Waals surface area contributed by atoms with Crippen molar-refractivity contribution in [1.29, 1.82) is 5.26 Å². The van der Waals surface area contributed by atoms with Gasteiger partial charge in [0.25, 0.3) is 0 Å². The summed E-state index contributed by atoms with van der Waals surface area (Å²) in [4.78, 5) is 12.4. The van der Waals surface area contributed by atoms with Crippen LogP contribution in [0, 0.1) is 32.1 Å². The first kappa shape index (κ1) is 22.0. The molecule has 0 aliphatic carbocycles. The smallest absolute Gasteiger partial charge is 0.244 e. The van der Waals surface area contributed by atoms with Gasteiger partial charge in [-0.05, 0) is 55.7 Å². The van der Waals surface area contributed by atoms with E-state index in [-0.39, 0.29) is 5.91 Å². The fraction of sp³-hybridized carbons (Fsp3) is 0.179. The van der Waals surface area contributed by atoms with Crippen LogP contribution in [0.4, 0.5) is 0 Å². The summed E-state index contributed by atoms with van der Waals surface area (Å²) in [6.45, 7) is 6.76. The summed E-state index contributed by atoms with van der Waals surface area (Å²) in [5.74, 6) is -0.145. The molecule has 5 heteroatoms. The Kier molecular flexibility index (Phi) is 6.37. The molecule has 0 unspecified atom stereocenters. The Hall–Kier alpha value is -4.17. The highest BCUT2D eigenvalue weighted by atomic mass is 16.2. The largest absolute Gasteiger partial charge is 0.340 e. The molecule has 0 saturated carbocycles. The molecule has 5 nitrogen and oxygen atoms in total. The van der Waals surface area contributed by atoms with Crippen molar-refractivity contribution < 1.29 is 4.79 Å². The van der Waals surface area contributed by atoms with Gasteiger partial charge in [0.1, 0.15) is 0 Å². The van der Waals surface area contributed by atoms with Gasteiger partial charge in [-0.2, -0.15) is 10.4 Å². The van der Waals surface area contributed by atoms with E-state index in [0.717, 1.165) is 38.9 Å². The number of nitrogens with one attached hydrogen (secondary N) is 1. The summed E-state index contributed by atoms with van der Waals surface area (Å²) >= 11 is 0. The average Bonchev–Trinajstić information content (AvgIpc) is 3.07. The van der Waals surface area contributed by atoms with E-state index in [1.807, 2.05) is 69.3 Å². The second kappa shape index (κ2) is 9.54. The molecule has 0 bridgehead atoms. The third-order valence-corrected chi connectivity index (χ3v) is 5.91. The molecule has 0 radical (unpaired) electrons. The first-order valence-corrected chi connectivity index (χ1v) is 10.9. The van der Waals surface area contributed by atoms with Crippen LogP contribution in [-0.2, 0) is 17.8 Å². The summed E-state index contributed by atoms with van der Waals surface area (Å²) in [6.07, 6.45) is 2.01. The van der Waals surface area contributed by atoms with E-state index in [1.54, 1.807) is 6.21 Å². The van der Waals surface area contributed by atoms with E-state index in [1.165, 1.54) is 5.56 Å². The highest BCUT2D eigenvalue weighted by Gasteiger charge is 2.13. The minimum absolute atomic E-state index is 0.145.